The van der Waals surface area contributed by atoms with Gasteiger partial charge in [-0.25, -0.2) is 9.38 Å². The Hall–Kier alpha value is -1.78. The highest BCUT2D eigenvalue weighted by Gasteiger charge is 2.08. The Labute approximate surface area is 115 Å². The number of rotatable bonds is 5. The van der Waals surface area contributed by atoms with Crippen molar-refractivity contribution in [3.05, 3.63) is 24.0 Å². The first-order valence-electron chi connectivity index (χ1n) is 5.52. The van der Waals surface area contributed by atoms with Crippen molar-refractivity contribution in [1.29, 1.82) is 5.26 Å². The van der Waals surface area contributed by atoms with E-state index >= 15 is 0 Å². The minimum Gasteiger partial charge on any atom is -0.383 e. The number of ether oxygens (including phenoxy) is 1. The molecule has 1 aromatic carbocycles. The van der Waals surface area contributed by atoms with Gasteiger partial charge in [0.25, 0.3) is 0 Å². The number of amidine groups is 1. The number of nitriles is 1. The van der Waals surface area contributed by atoms with E-state index in [-0.39, 0.29) is 5.69 Å². The van der Waals surface area contributed by atoms with Gasteiger partial charge in [0, 0.05) is 13.7 Å². The monoisotopic (exact) mass is 282 g/mol. The first kappa shape index (κ1) is 15.3. The zero-order valence-electron chi connectivity index (χ0n) is 10.7. The number of hydrogen-bond acceptors (Lipinski definition) is 5. The third-order valence-corrected chi connectivity index (χ3v) is 2.76. The second kappa shape index (κ2) is 8.34. The summed E-state index contributed by atoms with van der Waals surface area (Å²) in [7, 11) is 1.59. The van der Waals surface area contributed by atoms with Crippen LogP contribution in [0.15, 0.2) is 23.2 Å². The van der Waals surface area contributed by atoms with Gasteiger partial charge >= 0.3 is 0 Å². The summed E-state index contributed by atoms with van der Waals surface area (Å²) in [6.07, 6.45) is 3.52. The van der Waals surface area contributed by atoms with Crippen LogP contribution < -0.4 is 10.6 Å². The van der Waals surface area contributed by atoms with Crippen LogP contribution in [-0.4, -0.2) is 31.7 Å². The Kier molecular flexibility index (Phi) is 6.71. The van der Waals surface area contributed by atoms with Gasteiger partial charge in [-0.1, -0.05) is 17.8 Å². The largest absolute Gasteiger partial charge is 0.383 e. The molecule has 0 unspecified atom stereocenters. The van der Waals surface area contributed by atoms with Crippen molar-refractivity contribution in [2.75, 3.05) is 31.8 Å². The molecule has 0 bridgehead atoms. The summed E-state index contributed by atoms with van der Waals surface area (Å²) >= 11 is 1.23. The number of methoxy groups -OCH3 is 1. The maximum absolute atomic E-state index is 13.8. The molecule has 0 aliphatic heterocycles. The molecule has 0 aliphatic rings. The van der Waals surface area contributed by atoms with Crippen LogP contribution in [0.1, 0.15) is 0 Å². The van der Waals surface area contributed by atoms with Crippen LogP contribution in [0, 0.1) is 17.3 Å². The zero-order chi connectivity index (χ0) is 14.1. The van der Waals surface area contributed by atoms with Crippen LogP contribution in [0.4, 0.5) is 15.8 Å². The van der Waals surface area contributed by atoms with E-state index in [1.165, 1.54) is 17.8 Å². The molecule has 0 aliphatic carbocycles. The highest BCUT2D eigenvalue weighted by Crippen LogP contribution is 2.28. The molecule has 2 N–H and O–H groups in total. The Bertz CT molecular complexity index is 487. The molecular weight excluding hydrogens is 267 g/mol. The van der Waals surface area contributed by atoms with Crippen molar-refractivity contribution in [3.63, 3.8) is 0 Å². The van der Waals surface area contributed by atoms with Gasteiger partial charge in [-0.3, -0.25) is 5.32 Å². The molecular formula is C12H15FN4OS. The Morgan fingerprint density at radius 1 is 1.58 bits per heavy atom. The number of hydrogen-bond donors (Lipinski definition) is 2. The Morgan fingerprint density at radius 3 is 3.00 bits per heavy atom. The average Bonchev–Trinajstić information content (AvgIpc) is 2.41. The molecule has 0 fully saturated rings. The molecule has 0 heterocycles. The van der Waals surface area contributed by atoms with Crippen molar-refractivity contribution in [3.8, 4) is 6.19 Å². The molecule has 19 heavy (non-hydrogen) atoms. The number of anilines is 1. The van der Waals surface area contributed by atoms with Crippen molar-refractivity contribution in [2.45, 2.75) is 0 Å². The number of thioether (sulfide) groups is 1. The van der Waals surface area contributed by atoms with Gasteiger partial charge in [-0.05, 0) is 18.4 Å². The second-order valence-corrected chi connectivity index (χ2v) is 4.21. The van der Waals surface area contributed by atoms with Gasteiger partial charge in [-0.2, -0.15) is 5.26 Å². The van der Waals surface area contributed by atoms with Crippen LogP contribution in [-0.2, 0) is 4.74 Å². The van der Waals surface area contributed by atoms with Crippen molar-refractivity contribution >= 4 is 28.3 Å². The highest BCUT2D eigenvalue weighted by atomic mass is 32.2. The van der Waals surface area contributed by atoms with Crippen LogP contribution in [0.3, 0.4) is 0 Å². The number of benzene rings is 1. The van der Waals surface area contributed by atoms with E-state index in [0.29, 0.717) is 24.0 Å². The second-order valence-electron chi connectivity index (χ2n) is 3.41. The third-order valence-electron chi connectivity index (χ3n) is 2.18. The standard InChI is InChI=1S/C12H15FN4OS/c1-18-7-6-15-10-5-3-4-9(13)11(10)17-12(19-2)16-8-14/h3-5,15H,6-7H2,1-2H3,(H,16,17). The van der Waals surface area contributed by atoms with E-state index in [0.717, 1.165) is 0 Å². The predicted octanol–water partition coefficient (Wildman–Crippen LogP) is 2.31. The van der Waals surface area contributed by atoms with Crippen LogP contribution in [0.2, 0.25) is 0 Å². The van der Waals surface area contributed by atoms with E-state index in [2.05, 4.69) is 15.6 Å². The molecule has 0 spiro atoms. The lowest BCUT2D eigenvalue weighted by Gasteiger charge is -2.10. The molecule has 1 rings (SSSR count). The third kappa shape index (κ3) is 4.77. The summed E-state index contributed by atoms with van der Waals surface area (Å²) in [5.74, 6) is -0.450. The Morgan fingerprint density at radius 2 is 2.37 bits per heavy atom. The zero-order valence-corrected chi connectivity index (χ0v) is 11.6. The molecule has 0 amide bonds. The fraction of sp³-hybridized carbons (Fsp3) is 0.333. The summed E-state index contributed by atoms with van der Waals surface area (Å²) in [5, 5.41) is 14.3. The van der Waals surface area contributed by atoms with Gasteiger partial charge in [-0.15, -0.1) is 0 Å². The van der Waals surface area contributed by atoms with Crippen molar-refractivity contribution in [1.82, 2.24) is 5.32 Å². The first-order valence-corrected chi connectivity index (χ1v) is 6.74. The van der Waals surface area contributed by atoms with Crippen LogP contribution >= 0.6 is 11.8 Å². The minimum absolute atomic E-state index is 0.172. The normalized spacial score (nSPS) is 10.9. The molecule has 7 heteroatoms. The van der Waals surface area contributed by atoms with Gasteiger partial charge in [0.15, 0.2) is 17.2 Å². The van der Waals surface area contributed by atoms with E-state index in [1.807, 2.05) is 0 Å². The number of nitrogens with zero attached hydrogens (tertiary/aromatic N) is 2. The summed E-state index contributed by atoms with van der Waals surface area (Å²) in [5.41, 5.74) is 0.731. The molecule has 0 saturated carbocycles. The van der Waals surface area contributed by atoms with Crippen LogP contribution in [0.25, 0.3) is 0 Å². The maximum atomic E-state index is 13.8. The fourth-order valence-corrected chi connectivity index (χ4v) is 1.66. The summed E-state index contributed by atoms with van der Waals surface area (Å²) in [6.45, 7) is 1.05. The lowest BCUT2D eigenvalue weighted by atomic mass is 10.2. The quantitative estimate of drug-likeness (QED) is 0.285. The average molecular weight is 282 g/mol. The van der Waals surface area contributed by atoms with Crippen molar-refractivity contribution < 1.29 is 9.13 Å². The molecule has 0 atom stereocenters. The predicted molar refractivity (Wildman–Crippen MR) is 76.1 cm³/mol. The lowest BCUT2D eigenvalue weighted by Crippen LogP contribution is -2.13. The fourth-order valence-electron chi connectivity index (χ4n) is 1.33. The molecule has 0 saturated heterocycles. The molecule has 0 aromatic heterocycles. The number of halogens is 1. The SMILES string of the molecule is COCCNc1cccc(F)c1N=C(NC#N)SC. The summed E-state index contributed by atoms with van der Waals surface area (Å²) in [6, 6.07) is 4.65. The topological polar surface area (TPSA) is 69.4 Å². The van der Waals surface area contributed by atoms with Gasteiger partial charge < -0.3 is 10.1 Å². The van der Waals surface area contributed by atoms with E-state index in [9.17, 15) is 4.39 Å². The molecule has 102 valence electrons. The molecule has 1 aromatic rings. The molecule has 5 nitrogen and oxygen atoms in total. The van der Waals surface area contributed by atoms with E-state index < -0.39 is 5.82 Å². The van der Waals surface area contributed by atoms with E-state index in [1.54, 1.807) is 31.7 Å². The number of para-hydroxylation sites is 1. The minimum atomic E-state index is -0.450. The highest BCUT2D eigenvalue weighted by molar-refractivity contribution is 8.13. The van der Waals surface area contributed by atoms with Gasteiger partial charge in [0.2, 0.25) is 0 Å². The first-order chi connectivity index (χ1) is 9.22. The van der Waals surface area contributed by atoms with Gasteiger partial charge in [0.05, 0.1) is 12.3 Å². The number of nitrogens with one attached hydrogen (secondary N) is 2. The summed E-state index contributed by atoms with van der Waals surface area (Å²) in [4.78, 5) is 4.11. The van der Waals surface area contributed by atoms with Gasteiger partial charge in [0.1, 0.15) is 5.69 Å². The number of aliphatic imine (C=N–C) groups is 1. The lowest BCUT2D eigenvalue weighted by molar-refractivity contribution is 0.211. The maximum Gasteiger partial charge on any atom is 0.183 e. The summed E-state index contributed by atoms with van der Waals surface area (Å²) < 4.78 is 18.7. The Balaban J connectivity index is 3.00. The van der Waals surface area contributed by atoms with Crippen molar-refractivity contribution in [2.24, 2.45) is 4.99 Å². The molecule has 0 radical (unpaired) electrons. The smallest absolute Gasteiger partial charge is 0.183 e. The van der Waals surface area contributed by atoms with E-state index in [4.69, 9.17) is 10.00 Å². The van der Waals surface area contributed by atoms with Crippen LogP contribution in [0.5, 0.6) is 0 Å².